The van der Waals surface area contributed by atoms with E-state index in [4.69, 9.17) is 9.47 Å². The van der Waals surface area contributed by atoms with Crippen LogP contribution in [0.2, 0.25) is 0 Å². The van der Waals surface area contributed by atoms with Gasteiger partial charge in [0.25, 0.3) is 5.91 Å². The number of aryl methyl sites for hydroxylation is 1. The number of amides is 3. The molecule has 4 aromatic rings. The summed E-state index contributed by atoms with van der Waals surface area (Å²) in [5.41, 5.74) is 3.62. The SMILES string of the molecule is CCOC(=O)c1ccc(NC(=O)COc2ccc([C@H]3c4sc(=O)[nH]c4SC4C5CC(C6C(=O)N(c7ccc(C)cc7)C(=O)C56)C43)cc2)cc1. The van der Waals surface area contributed by atoms with Crippen LogP contribution in [0.1, 0.15) is 45.6 Å². The third-order valence-electron chi connectivity index (χ3n) is 10.3. The smallest absolute Gasteiger partial charge is 0.338 e. The highest BCUT2D eigenvalue weighted by Crippen LogP contribution is 2.68. The van der Waals surface area contributed by atoms with Crippen LogP contribution in [0.4, 0.5) is 11.4 Å². The molecule has 2 saturated carbocycles. The van der Waals surface area contributed by atoms with Crippen molar-refractivity contribution >= 4 is 58.2 Å². The van der Waals surface area contributed by atoms with Gasteiger partial charge in [0.15, 0.2) is 6.61 Å². The van der Waals surface area contributed by atoms with Gasteiger partial charge in [-0.05, 0) is 92.1 Å². The Morgan fingerprint density at radius 2 is 1.61 bits per heavy atom. The lowest BCUT2D eigenvalue weighted by molar-refractivity contribution is -0.123. The molecule has 3 heterocycles. The first kappa shape index (κ1) is 31.6. The summed E-state index contributed by atoms with van der Waals surface area (Å²) in [6, 6.07) is 21.6. The molecule has 0 radical (unpaired) electrons. The molecule has 3 aromatic carbocycles. The maximum Gasteiger partial charge on any atom is 0.338 e. The largest absolute Gasteiger partial charge is 0.484 e. The molecular weight excluding hydrogens is 663 g/mol. The molecule has 0 spiro atoms. The van der Waals surface area contributed by atoms with Crippen molar-refractivity contribution in [1.82, 2.24) is 4.98 Å². The summed E-state index contributed by atoms with van der Waals surface area (Å²) in [5.74, 6) is -1.19. The summed E-state index contributed by atoms with van der Waals surface area (Å²) >= 11 is 2.88. The van der Waals surface area contributed by atoms with Crippen molar-refractivity contribution in [1.29, 1.82) is 0 Å². The first-order valence-corrected chi connectivity index (χ1v) is 18.1. The van der Waals surface area contributed by atoms with Crippen molar-refractivity contribution in [3.63, 3.8) is 0 Å². The number of nitrogens with zero attached hydrogens (tertiary/aromatic N) is 1. The minimum Gasteiger partial charge on any atom is -0.484 e. The normalized spacial score (nSPS) is 26.2. The third kappa shape index (κ3) is 5.37. The number of aromatic nitrogens is 1. The quantitative estimate of drug-likeness (QED) is 0.179. The zero-order valence-electron chi connectivity index (χ0n) is 26.7. The number of esters is 1. The number of carbonyl (C=O) groups excluding carboxylic acids is 4. The molecule has 12 heteroatoms. The topological polar surface area (TPSA) is 135 Å². The molecule has 2 aliphatic heterocycles. The van der Waals surface area contributed by atoms with E-state index < -0.39 is 5.97 Å². The van der Waals surface area contributed by atoms with Crippen LogP contribution in [0.5, 0.6) is 5.75 Å². The van der Waals surface area contributed by atoms with Gasteiger partial charge in [-0.15, -0.1) is 11.8 Å². The number of thiazole rings is 1. The number of rotatable bonds is 8. The molecule has 2 aliphatic carbocycles. The molecule has 3 fully saturated rings. The molecule has 1 aromatic heterocycles. The van der Waals surface area contributed by atoms with Gasteiger partial charge in [-0.2, -0.15) is 0 Å². The van der Waals surface area contributed by atoms with E-state index >= 15 is 0 Å². The van der Waals surface area contributed by atoms with Gasteiger partial charge >= 0.3 is 10.8 Å². The second-order valence-electron chi connectivity index (χ2n) is 13.0. The number of hydrogen-bond donors (Lipinski definition) is 2. The number of anilines is 2. The standard InChI is InChI=1S/C37H33N3O7S2/c1-3-46-36(44)20-6-10-21(11-7-20)38-26(41)17-47-23-14-8-19(9-15-23)27-28-24-16-25(31(28)48-33-32(27)49-37(45)39-33)30-29(24)34(42)40(35(30)43)22-12-4-18(2)5-13-22/h4-15,24-25,27-31H,3,16-17H2,1-2H3,(H,38,41)(H,39,45)/t24?,25?,27-,28?,29?,30?,31?/m1/s1. The highest BCUT2D eigenvalue weighted by Gasteiger charge is 2.69. The van der Waals surface area contributed by atoms with E-state index in [0.29, 0.717) is 22.7 Å². The predicted molar refractivity (Wildman–Crippen MR) is 185 cm³/mol. The third-order valence-corrected chi connectivity index (χ3v) is 12.9. The van der Waals surface area contributed by atoms with Gasteiger partial charge in [0.2, 0.25) is 11.8 Å². The maximum atomic E-state index is 14.0. The molecule has 6 unspecified atom stereocenters. The summed E-state index contributed by atoms with van der Waals surface area (Å²) in [7, 11) is 0. The Labute approximate surface area is 290 Å². The van der Waals surface area contributed by atoms with E-state index in [1.807, 2.05) is 55.5 Å². The van der Waals surface area contributed by atoms with Crippen molar-refractivity contribution in [2.24, 2.45) is 29.6 Å². The fourth-order valence-corrected chi connectivity index (χ4v) is 11.2. The molecule has 2 bridgehead atoms. The van der Waals surface area contributed by atoms with Gasteiger partial charge in [0, 0.05) is 21.7 Å². The lowest BCUT2D eigenvalue weighted by atomic mass is 9.68. The Hall–Kier alpha value is -4.68. The van der Waals surface area contributed by atoms with Crippen LogP contribution in [-0.2, 0) is 19.1 Å². The van der Waals surface area contributed by atoms with Gasteiger partial charge < -0.3 is 19.8 Å². The number of thioether (sulfide) groups is 1. The van der Waals surface area contributed by atoms with E-state index in [-0.39, 0.29) is 76.6 Å². The highest BCUT2D eigenvalue weighted by atomic mass is 32.2. The molecule has 2 N–H and O–H groups in total. The molecule has 49 heavy (non-hydrogen) atoms. The Kier molecular flexibility index (Phi) is 7.95. The number of ether oxygens (including phenoxy) is 2. The van der Waals surface area contributed by atoms with Gasteiger partial charge in [-0.1, -0.05) is 41.2 Å². The number of carbonyl (C=O) groups is 4. The van der Waals surface area contributed by atoms with E-state index in [1.54, 1.807) is 43.0 Å². The van der Waals surface area contributed by atoms with Crippen LogP contribution in [0.25, 0.3) is 0 Å². The van der Waals surface area contributed by atoms with Crippen LogP contribution in [0.15, 0.2) is 82.6 Å². The van der Waals surface area contributed by atoms with Crippen molar-refractivity contribution in [3.8, 4) is 5.75 Å². The fourth-order valence-electron chi connectivity index (χ4n) is 8.36. The lowest BCUT2D eigenvalue weighted by Gasteiger charge is -2.43. The second kappa shape index (κ2) is 12.3. The number of fused-ring (bicyclic) bond motifs is 9. The first-order valence-electron chi connectivity index (χ1n) is 16.4. The summed E-state index contributed by atoms with van der Waals surface area (Å²) in [6.07, 6.45) is 0.814. The summed E-state index contributed by atoms with van der Waals surface area (Å²) in [5, 5.41) is 3.71. The fraction of sp³-hybridized carbons (Fsp3) is 0.324. The van der Waals surface area contributed by atoms with Crippen LogP contribution in [-0.4, -0.2) is 47.1 Å². The average Bonchev–Trinajstić information content (AvgIpc) is 3.84. The number of nitrogens with one attached hydrogen (secondary N) is 2. The summed E-state index contributed by atoms with van der Waals surface area (Å²) < 4.78 is 10.8. The van der Waals surface area contributed by atoms with Crippen molar-refractivity contribution in [3.05, 3.63) is 104 Å². The molecule has 7 atom stereocenters. The Morgan fingerprint density at radius 1 is 0.918 bits per heavy atom. The van der Waals surface area contributed by atoms with E-state index in [1.165, 1.54) is 16.2 Å². The summed E-state index contributed by atoms with van der Waals surface area (Å²) in [4.78, 5) is 70.2. The van der Waals surface area contributed by atoms with Crippen LogP contribution in [0.3, 0.4) is 0 Å². The van der Waals surface area contributed by atoms with Crippen LogP contribution in [0, 0.1) is 36.5 Å². The lowest BCUT2D eigenvalue weighted by Crippen LogP contribution is -2.42. The molecule has 250 valence electrons. The highest BCUT2D eigenvalue weighted by molar-refractivity contribution is 8.00. The van der Waals surface area contributed by atoms with Crippen molar-refractivity contribution in [2.75, 3.05) is 23.4 Å². The molecule has 10 nitrogen and oxygen atoms in total. The van der Waals surface area contributed by atoms with Crippen LogP contribution < -0.4 is 19.8 Å². The molecule has 8 rings (SSSR count). The zero-order chi connectivity index (χ0) is 34.0. The number of H-pyrrole nitrogens is 1. The molecule has 4 aliphatic rings. The zero-order valence-corrected chi connectivity index (χ0v) is 28.3. The number of imide groups is 1. The minimum absolute atomic E-state index is 0.0146. The Morgan fingerprint density at radius 3 is 2.31 bits per heavy atom. The number of benzene rings is 3. The number of hydrogen-bond acceptors (Lipinski definition) is 9. The van der Waals surface area contributed by atoms with Gasteiger partial charge in [-0.3, -0.25) is 24.1 Å². The van der Waals surface area contributed by atoms with Gasteiger partial charge in [0.05, 0.1) is 34.7 Å². The molecule has 1 saturated heterocycles. The van der Waals surface area contributed by atoms with Crippen molar-refractivity contribution < 1.29 is 28.7 Å². The van der Waals surface area contributed by atoms with E-state index in [9.17, 15) is 24.0 Å². The maximum absolute atomic E-state index is 14.0. The minimum atomic E-state index is -0.423. The van der Waals surface area contributed by atoms with E-state index in [0.717, 1.165) is 27.5 Å². The van der Waals surface area contributed by atoms with Gasteiger partial charge in [0.1, 0.15) is 5.75 Å². The van der Waals surface area contributed by atoms with Crippen LogP contribution >= 0.6 is 23.1 Å². The van der Waals surface area contributed by atoms with Gasteiger partial charge in [-0.25, -0.2) is 4.79 Å². The predicted octanol–water partition coefficient (Wildman–Crippen LogP) is 5.62. The number of aromatic amines is 1. The molecular formula is C37H33N3O7S2. The first-order chi connectivity index (χ1) is 23.7. The van der Waals surface area contributed by atoms with E-state index in [2.05, 4.69) is 10.3 Å². The monoisotopic (exact) mass is 695 g/mol. The second-order valence-corrected chi connectivity index (χ2v) is 15.2. The Bertz CT molecular complexity index is 2020. The molecule has 3 amide bonds. The average molecular weight is 696 g/mol. The van der Waals surface area contributed by atoms with Crippen molar-refractivity contribution in [2.45, 2.75) is 36.5 Å². The summed E-state index contributed by atoms with van der Waals surface area (Å²) in [6.45, 7) is 3.78. The Balaban J connectivity index is 0.996.